The van der Waals surface area contributed by atoms with Gasteiger partial charge in [-0.05, 0) is 0 Å². The number of carbonyl (C=O) groups is 3. The summed E-state index contributed by atoms with van der Waals surface area (Å²) in [6, 6.07) is 0. The first-order valence-corrected chi connectivity index (χ1v) is 39.1. The Morgan fingerprint density at radius 1 is 0.367 bits per heavy atom. The van der Waals surface area contributed by atoms with Crippen LogP contribution in [0.3, 0.4) is 0 Å². The first-order chi connectivity index (χ1) is 29.5. The second-order valence-corrected chi connectivity index (χ2v) is 40.9. The predicted octanol–water partition coefficient (Wildman–Crippen LogP) is 16.7. The molecule has 355 valence electrons. The molecule has 0 amide bonds. The molecule has 0 spiro atoms. The van der Waals surface area contributed by atoms with Gasteiger partial charge < -0.3 is 0 Å². The maximum absolute atomic E-state index is 13.6. The third-order valence-corrected chi connectivity index (χ3v) is 37.3. The third kappa shape index (κ3) is 44.9. The molecular weight excluding hydrogens is 911 g/mol. The zero-order valence-corrected chi connectivity index (χ0v) is 45.3. The maximum atomic E-state index is 13.6. The number of hydrogen-bond donors (Lipinski definition) is 0. The zero-order valence-electron chi connectivity index (χ0n) is 40.0. The summed E-state index contributed by atoms with van der Waals surface area (Å²) in [5, 5.41) is -0.237. The summed E-state index contributed by atoms with van der Waals surface area (Å²) >= 11 is -2.61. The van der Waals surface area contributed by atoms with E-state index in [1.165, 1.54) is 180 Å². The van der Waals surface area contributed by atoms with Gasteiger partial charge in [0.15, 0.2) is 0 Å². The van der Waals surface area contributed by atoms with Crippen LogP contribution in [0.1, 0.15) is 265 Å². The molecule has 0 aromatic carbocycles. The van der Waals surface area contributed by atoms with Gasteiger partial charge in [-0.1, -0.05) is 78.6 Å². The fourth-order valence-electron chi connectivity index (χ4n) is 7.29. The van der Waals surface area contributed by atoms with Crippen molar-refractivity contribution < 1.29 is 28.6 Å². The summed E-state index contributed by atoms with van der Waals surface area (Å²) < 4.78 is 17.3. The van der Waals surface area contributed by atoms with Crippen LogP contribution in [-0.4, -0.2) is 70.1 Å². The Labute approximate surface area is 388 Å². The molecule has 1 radical (unpaired) electrons. The Bertz CT molecular complexity index is 886. The minimum Gasteiger partial charge on any atom is -0.0654 e. The molecule has 0 bridgehead atoms. The molecule has 0 aliphatic heterocycles. The molecular formula is C50H97O6S3Sn. The van der Waals surface area contributed by atoms with Crippen LogP contribution in [0.15, 0.2) is 0 Å². The van der Waals surface area contributed by atoms with Gasteiger partial charge >= 0.3 is 312 Å². The normalized spacial score (nSPS) is 11.9. The van der Waals surface area contributed by atoms with E-state index in [4.69, 9.17) is 14.2 Å². The van der Waals surface area contributed by atoms with Gasteiger partial charge in [-0.15, -0.1) is 0 Å². The van der Waals surface area contributed by atoms with Crippen LogP contribution in [0.2, 0.25) is 0 Å². The van der Waals surface area contributed by atoms with Crippen LogP contribution < -0.4 is 0 Å². The van der Waals surface area contributed by atoms with E-state index in [1.807, 2.05) is 0 Å². The number of rotatable bonds is 49. The van der Waals surface area contributed by atoms with Gasteiger partial charge in [0.25, 0.3) is 0 Å². The zero-order chi connectivity index (χ0) is 43.8. The van der Waals surface area contributed by atoms with Gasteiger partial charge in [0, 0.05) is 0 Å². The average molecular weight is 1010 g/mol. The summed E-state index contributed by atoms with van der Waals surface area (Å²) in [7, 11) is 5.10. The molecule has 0 aromatic heterocycles. The van der Waals surface area contributed by atoms with E-state index in [2.05, 4.69) is 27.7 Å². The van der Waals surface area contributed by atoms with E-state index in [-0.39, 0.29) is 34.7 Å². The minimum atomic E-state index is -2.61. The smallest absolute Gasteiger partial charge is 0.0654 e. The molecule has 0 heterocycles. The second kappa shape index (κ2) is 50.3. The average Bonchev–Trinajstić information content (AvgIpc) is 3.25. The first kappa shape index (κ1) is 60.3. The third-order valence-electron chi connectivity index (χ3n) is 11.2. The molecule has 0 aromatic rings. The van der Waals surface area contributed by atoms with Gasteiger partial charge in [-0.2, -0.15) is 0 Å². The van der Waals surface area contributed by atoms with E-state index >= 15 is 0 Å². The van der Waals surface area contributed by atoms with Gasteiger partial charge in [-0.3, -0.25) is 0 Å². The number of unbranched alkanes of at least 4 members (excludes halogenated alkanes) is 32. The number of esters is 3. The van der Waals surface area contributed by atoms with Gasteiger partial charge in [0.05, 0.1) is 0 Å². The van der Waals surface area contributed by atoms with Crippen molar-refractivity contribution in [1.29, 1.82) is 0 Å². The van der Waals surface area contributed by atoms with Crippen molar-refractivity contribution in [2.45, 2.75) is 271 Å². The van der Waals surface area contributed by atoms with Crippen molar-refractivity contribution in [1.82, 2.24) is 0 Å². The van der Waals surface area contributed by atoms with Crippen molar-refractivity contribution in [3.63, 3.8) is 0 Å². The van der Waals surface area contributed by atoms with Crippen LogP contribution in [0.4, 0.5) is 0 Å². The number of hydrogen-bond acceptors (Lipinski definition) is 9. The van der Waals surface area contributed by atoms with E-state index in [1.54, 1.807) is 26.8 Å². The van der Waals surface area contributed by atoms with Crippen molar-refractivity contribution >= 4 is 60.4 Å². The Morgan fingerprint density at radius 2 is 0.633 bits per heavy atom. The molecule has 1 unspecified atom stereocenters. The molecule has 0 rings (SSSR count). The molecule has 0 aliphatic rings. The molecule has 6 nitrogen and oxygen atoms in total. The van der Waals surface area contributed by atoms with Gasteiger partial charge in [0.1, 0.15) is 0 Å². The summed E-state index contributed by atoms with van der Waals surface area (Å²) in [4.78, 5) is 39.4. The molecule has 10 heteroatoms. The van der Waals surface area contributed by atoms with E-state index in [9.17, 15) is 14.4 Å². The molecule has 0 aliphatic carbocycles. The Hall–Kier alpha value is 0.259. The van der Waals surface area contributed by atoms with Gasteiger partial charge in [-0.25, -0.2) is 0 Å². The van der Waals surface area contributed by atoms with Crippen LogP contribution in [0.5, 0.6) is 0 Å². The number of ether oxygens (including phenoxy) is 3. The molecule has 0 saturated carbocycles. The van der Waals surface area contributed by atoms with E-state index < -0.39 is 15.6 Å². The molecule has 1 atom stereocenters. The topological polar surface area (TPSA) is 78.9 Å². The quantitative estimate of drug-likeness (QED) is 0.0256. The Balaban J connectivity index is 5.04. The van der Waals surface area contributed by atoms with Gasteiger partial charge in [0.2, 0.25) is 0 Å². The Morgan fingerprint density at radius 3 is 0.950 bits per heavy atom. The van der Waals surface area contributed by atoms with Crippen LogP contribution >= 0.6 is 26.8 Å². The molecule has 0 saturated heterocycles. The first-order valence-electron chi connectivity index (χ1n) is 25.7. The van der Waals surface area contributed by atoms with Crippen molar-refractivity contribution in [3.05, 3.63) is 0 Å². The van der Waals surface area contributed by atoms with E-state index in [0.29, 0.717) is 19.8 Å². The fourth-order valence-corrected chi connectivity index (χ4v) is 32.4. The van der Waals surface area contributed by atoms with Crippen molar-refractivity contribution in [3.8, 4) is 0 Å². The second-order valence-electron chi connectivity index (χ2n) is 17.1. The summed E-state index contributed by atoms with van der Waals surface area (Å²) in [6.45, 7) is 10.5. The number of carbonyl (C=O) groups excluding carboxylic acids is 3. The minimum absolute atomic E-state index is 0.101. The van der Waals surface area contributed by atoms with E-state index in [0.717, 1.165) is 57.8 Å². The fraction of sp³-hybridized carbons (Fsp3) is 0.940. The van der Waals surface area contributed by atoms with Crippen LogP contribution in [-0.2, 0) is 28.6 Å². The summed E-state index contributed by atoms with van der Waals surface area (Å²) in [5.74, 6) is 0.134. The molecule has 0 N–H and O–H groups in total. The predicted molar refractivity (Wildman–Crippen MR) is 268 cm³/mol. The van der Waals surface area contributed by atoms with Crippen LogP contribution in [0, 0.1) is 0 Å². The van der Waals surface area contributed by atoms with Crippen molar-refractivity contribution in [2.24, 2.45) is 0 Å². The molecule has 60 heavy (non-hydrogen) atoms. The van der Waals surface area contributed by atoms with Crippen molar-refractivity contribution in [2.75, 3.05) is 31.3 Å². The standard InChI is InChI=1S/C22H44O2S.2C14H28O2S.Sn/c1-3-5-7-9-11-12-13-14-16-18-20-24-22(23)21(25)19-17-15-10-8-6-4-2;2*1-2-3-4-5-6-7-8-9-10-11-12-16-14(15)13-17;/h21,25H,3-20H2,1-2H3;2*17H,2-13H2,1H3;/q;;;+3/p-3. The molecule has 0 fully saturated rings. The van der Waals surface area contributed by atoms with Crippen LogP contribution in [0.25, 0.3) is 0 Å². The monoisotopic (exact) mass is 1010 g/mol. The Kier molecular flexibility index (Phi) is 50.5. The summed E-state index contributed by atoms with van der Waals surface area (Å²) in [6.07, 6.45) is 45.3. The summed E-state index contributed by atoms with van der Waals surface area (Å²) in [5.41, 5.74) is 0. The SMILES string of the molecule is CCCCCCCCCCCCOC(=O)C[S][Sn]([S]CC(=O)OCCCCCCCCCCCC)[S]C(CCCCCCCC)C(=O)OCCCCCCCCCCCC.